The second-order valence-electron chi connectivity index (χ2n) is 10.0. The van der Waals surface area contributed by atoms with Crippen LogP contribution in [0.5, 0.6) is 0 Å². The van der Waals surface area contributed by atoms with E-state index in [-0.39, 0.29) is 12.0 Å². The van der Waals surface area contributed by atoms with Gasteiger partial charge in [0, 0.05) is 68.3 Å². The van der Waals surface area contributed by atoms with Gasteiger partial charge < -0.3 is 19.9 Å². The Balaban J connectivity index is 1.11. The number of benzene rings is 1. The van der Waals surface area contributed by atoms with Gasteiger partial charge >= 0.3 is 6.09 Å². The summed E-state index contributed by atoms with van der Waals surface area (Å²) in [6, 6.07) is 12.3. The van der Waals surface area contributed by atoms with E-state index in [1.807, 2.05) is 54.4 Å². The molecule has 0 radical (unpaired) electrons. The van der Waals surface area contributed by atoms with Crippen LogP contribution in [0.25, 0.3) is 11.2 Å². The van der Waals surface area contributed by atoms with Gasteiger partial charge in [-0.1, -0.05) is 6.08 Å². The van der Waals surface area contributed by atoms with Crippen molar-refractivity contribution in [2.75, 3.05) is 51.2 Å². The van der Waals surface area contributed by atoms with Gasteiger partial charge in [-0.2, -0.15) is 4.98 Å². The van der Waals surface area contributed by atoms with Gasteiger partial charge in [0.2, 0.25) is 5.95 Å². The number of hydrogen-bond donors (Lipinski definition) is 1. The van der Waals surface area contributed by atoms with Gasteiger partial charge in [0.05, 0.1) is 6.61 Å². The zero-order valence-electron chi connectivity index (χ0n) is 21.7. The minimum absolute atomic E-state index is 0.0878. The van der Waals surface area contributed by atoms with Gasteiger partial charge in [-0.25, -0.2) is 9.31 Å². The molecule has 0 atom stereocenters. The average Bonchev–Trinajstić information content (AvgIpc) is 3.72. The number of carbonyl (C=O) groups is 2. The number of piperazine rings is 1. The number of carbonyl (C=O) groups excluding carboxylic acids is 2. The molecule has 0 bridgehead atoms. The minimum Gasteiger partial charge on any atom is -0.450 e. The molecule has 0 unspecified atom stereocenters. The molecule has 1 aromatic carbocycles. The van der Waals surface area contributed by atoms with E-state index >= 15 is 0 Å². The van der Waals surface area contributed by atoms with E-state index in [4.69, 9.17) is 9.72 Å². The first kappa shape index (κ1) is 24.4. The van der Waals surface area contributed by atoms with E-state index < -0.39 is 0 Å². The summed E-state index contributed by atoms with van der Waals surface area (Å²) < 4.78 is 6.88. The summed E-state index contributed by atoms with van der Waals surface area (Å²) in [5.74, 6) is 0.571. The zero-order chi connectivity index (χ0) is 26.1. The molecule has 2 amide bonds. The average molecular weight is 516 g/mol. The molecule has 0 spiro atoms. The number of hydrogen-bond acceptors (Lipinski definition) is 7. The number of aromatic nitrogens is 3. The molecule has 6 rings (SSSR count). The molecule has 198 valence electrons. The highest BCUT2D eigenvalue weighted by atomic mass is 16.6. The third-order valence-corrected chi connectivity index (χ3v) is 7.50. The molecule has 3 aromatic rings. The molecule has 1 saturated heterocycles. The molecule has 4 heterocycles. The van der Waals surface area contributed by atoms with E-state index in [0.717, 1.165) is 61.1 Å². The first-order valence-corrected chi connectivity index (χ1v) is 13.5. The van der Waals surface area contributed by atoms with Crippen LogP contribution in [0.2, 0.25) is 0 Å². The van der Waals surface area contributed by atoms with Crippen molar-refractivity contribution >= 4 is 34.9 Å². The van der Waals surface area contributed by atoms with Gasteiger partial charge in [0.1, 0.15) is 0 Å². The predicted octanol–water partition coefficient (Wildman–Crippen LogP) is 3.64. The Hall–Kier alpha value is -3.92. The highest BCUT2D eigenvalue weighted by Gasteiger charge is 2.32. The second-order valence-corrected chi connectivity index (χ2v) is 10.0. The Labute approximate surface area is 221 Å². The molecule has 2 aromatic heterocycles. The summed E-state index contributed by atoms with van der Waals surface area (Å²) in [7, 11) is 0. The number of nitrogens with zero attached hydrogens (tertiary/aromatic N) is 6. The Kier molecular flexibility index (Phi) is 6.71. The van der Waals surface area contributed by atoms with Crippen molar-refractivity contribution in [3.05, 3.63) is 59.8 Å². The molecule has 10 heteroatoms. The summed E-state index contributed by atoms with van der Waals surface area (Å²) in [5.41, 5.74) is 4.40. The van der Waals surface area contributed by atoms with Gasteiger partial charge in [-0.05, 0) is 68.2 Å². The largest absolute Gasteiger partial charge is 0.450 e. The van der Waals surface area contributed by atoms with E-state index in [1.54, 1.807) is 9.42 Å². The molecule has 2 aliphatic heterocycles. The van der Waals surface area contributed by atoms with Crippen LogP contribution >= 0.6 is 0 Å². The lowest BCUT2D eigenvalue weighted by molar-refractivity contribution is 0.0627. The Morgan fingerprint density at radius 1 is 1.03 bits per heavy atom. The number of anilines is 2. The molecule has 1 N–H and O–H groups in total. The Morgan fingerprint density at radius 3 is 2.50 bits per heavy atom. The molecular weight excluding hydrogens is 482 g/mol. The van der Waals surface area contributed by atoms with Crippen molar-refractivity contribution in [1.29, 1.82) is 0 Å². The standard InChI is InChI=1S/C28H33N7O3/c1-2-38-28(37)34-14-11-20(12-15-34)24-4-3-13-35-25(24)30-27(31-35)29-22-7-5-21(6-8-22)26(36)33-18-16-32(17-19-33)23-9-10-23/h3-8,11,13,23H,2,9-10,12,14-19H2,1H3,(H,29,31). The highest BCUT2D eigenvalue weighted by molar-refractivity contribution is 5.94. The van der Waals surface area contributed by atoms with Crippen molar-refractivity contribution in [3.8, 4) is 0 Å². The van der Waals surface area contributed by atoms with Crippen LogP contribution in [0, 0.1) is 0 Å². The zero-order valence-corrected chi connectivity index (χ0v) is 21.7. The molecule has 10 nitrogen and oxygen atoms in total. The lowest BCUT2D eigenvalue weighted by Crippen LogP contribution is -2.49. The number of ether oxygens (including phenoxy) is 1. The van der Waals surface area contributed by atoms with E-state index in [9.17, 15) is 9.59 Å². The summed E-state index contributed by atoms with van der Waals surface area (Å²) in [6.07, 6.45) is 6.98. The molecule has 3 aliphatic rings. The van der Waals surface area contributed by atoms with Crippen LogP contribution in [-0.2, 0) is 4.74 Å². The van der Waals surface area contributed by atoms with Crippen LogP contribution < -0.4 is 5.32 Å². The summed E-state index contributed by atoms with van der Waals surface area (Å²) in [4.78, 5) is 35.9. The Bertz CT molecular complexity index is 1350. The number of rotatable bonds is 6. The fourth-order valence-corrected chi connectivity index (χ4v) is 5.24. The van der Waals surface area contributed by atoms with Crippen molar-refractivity contribution < 1.29 is 14.3 Å². The van der Waals surface area contributed by atoms with Crippen LogP contribution in [0.1, 0.15) is 42.1 Å². The third kappa shape index (κ3) is 5.08. The van der Waals surface area contributed by atoms with Crippen molar-refractivity contribution in [1.82, 2.24) is 29.3 Å². The molecule has 1 aliphatic carbocycles. The van der Waals surface area contributed by atoms with Crippen molar-refractivity contribution in [2.24, 2.45) is 0 Å². The normalized spacial score (nSPS) is 18.4. The van der Waals surface area contributed by atoms with Gasteiger partial charge in [-0.3, -0.25) is 9.69 Å². The lowest BCUT2D eigenvalue weighted by atomic mass is 10.0. The van der Waals surface area contributed by atoms with Crippen molar-refractivity contribution in [2.45, 2.75) is 32.2 Å². The van der Waals surface area contributed by atoms with E-state index in [2.05, 4.69) is 21.4 Å². The topological polar surface area (TPSA) is 95.3 Å². The van der Waals surface area contributed by atoms with Gasteiger partial charge in [0.25, 0.3) is 5.91 Å². The lowest BCUT2D eigenvalue weighted by Gasteiger charge is -2.34. The smallest absolute Gasteiger partial charge is 0.410 e. The second kappa shape index (κ2) is 10.4. The van der Waals surface area contributed by atoms with Gasteiger partial charge in [0.15, 0.2) is 5.65 Å². The quantitative estimate of drug-likeness (QED) is 0.536. The first-order chi connectivity index (χ1) is 18.6. The minimum atomic E-state index is -0.279. The molecule has 2 fully saturated rings. The monoisotopic (exact) mass is 515 g/mol. The fourth-order valence-electron chi connectivity index (χ4n) is 5.24. The number of amides is 2. The SMILES string of the molecule is CCOC(=O)N1CC=C(c2cccn3nc(Nc4ccc(C(=O)N5CCN(C6CC6)CC5)cc4)nc23)CC1. The van der Waals surface area contributed by atoms with Crippen LogP contribution in [-0.4, -0.2) is 93.2 Å². The Morgan fingerprint density at radius 2 is 1.82 bits per heavy atom. The van der Waals surface area contributed by atoms with Crippen LogP contribution in [0.4, 0.5) is 16.4 Å². The van der Waals surface area contributed by atoms with Crippen molar-refractivity contribution in [3.63, 3.8) is 0 Å². The number of pyridine rings is 1. The molecule has 38 heavy (non-hydrogen) atoms. The summed E-state index contributed by atoms with van der Waals surface area (Å²) in [5, 5.41) is 7.86. The van der Waals surface area contributed by atoms with Gasteiger partial charge in [-0.15, -0.1) is 5.10 Å². The fraction of sp³-hybridized carbons (Fsp3) is 0.429. The first-order valence-electron chi connectivity index (χ1n) is 13.5. The van der Waals surface area contributed by atoms with Crippen LogP contribution in [0.3, 0.4) is 0 Å². The molecular formula is C28H33N7O3. The summed E-state index contributed by atoms with van der Waals surface area (Å²) >= 11 is 0. The van der Waals surface area contributed by atoms with E-state index in [0.29, 0.717) is 31.2 Å². The maximum absolute atomic E-state index is 13.0. The summed E-state index contributed by atoms with van der Waals surface area (Å²) in [6.45, 7) is 6.82. The highest BCUT2D eigenvalue weighted by Crippen LogP contribution is 2.28. The third-order valence-electron chi connectivity index (χ3n) is 7.50. The van der Waals surface area contributed by atoms with Crippen LogP contribution in [0.15, 0.2) is 48.7 Å². The van der Waals surface area contributed by atoms with E-state index in [1.165, 1.54) is 12.8 Å². The predicted molar refractivity (Wildman–Crippen MR) is 144 cm³/mol. The number of nitrogens with one attached hydrogen (secondary N) is 1. The molecule has 1 saturated carbocycles. The maximum atomic E-state index is 13.0. The number of fused-ring (bicyclic) bond motifs is 1. The maximum Gasteiger partial charge on any atom is 0.410 e.